The van der Waals surface area contributed by atoms with Gasteiger partial charge in [0.15, 0.2) is 0 Å². The highest BCUT2D eigenvalue weighted by Gasteiger charge is 2.16. The molecule has 0 aliphatic carbocycles. The van der Waals surface area contributed by atoms with Crippen molar-refractivity contribution in [1.82, 2.24) is 5.32 Å². The molecule has 0 fully saturated rings. The van der Waals surface area contributed by atoms with E-state index in [1.165, 1.54) is 0 Å². The number of benzene rings is 1. The van der Waals surface area contributed by atoms with Crippen molar-refractivity contribution in [2.45, 2.75) is 26.8 Å². The Hall–Kier alpha value is -1.06. The van der Waals surface area contributed by atoms with Crippen LogP contribution < -0.4 is 11.1 Å². The third-order valence-corrected chi connectivity index (χ3v) is 3.18. The highest BCUT2D eigenvalue weighted by atomic mass is 35.5. The van der Waals surface area contributed by atoms with Crippen molar-refractivity contribution in [3.63, 3.8) is 0 Å². The Kier molecular flexibility index (Phi) is 7.64. The highest BCUT2D eigenvalue weighted by Crippen LogP contribution is 2.11. The maximum atomic E-state index is 11.8. The minimum Gasteiger partial charge on any atom is -0.354 e. The quantitative estimate of drug-likeness (QED) is 0.864. The van der Waals surface area contributed by atoms with Crippen LogP contribution in [0.1, 0.15) is 32.4 Å². The molecule has 1 amide bonds. The number of halogens is 1. The number of nitrogens with one attached hydrogen (secondary N) is 1. The van der Waals surface area contributed by atoms with Crippen LogP contribution in [0, 0.1) is 11.8 Å². The average Bonchev–Trinajstić information content (AvgIpc) is 2.35. The lowest BCUT2D eigenvalue weighted by atomic mass is 9.98. The second-order valence-electron chi connectivity index (χ2n) is 4.85. The molecule has 0 saturated carbocycles. The molecule has 0 aliphatic rings. The van der Waals surface area contributed by atoms with E-state index < -0.39 is 6.04 Å². The van der Waals surface area contributed by atoms with E-state index in [2.05, 4.69) is 26.1 Å². The largest absolute Gasteiger partial charge is 0.354 e. The molecule has 0 aliphatic heterocycles. The molecule has 18 heavy (non-hydrogen) atoms. The lowest BCUT2D eigenvalue weighted by Crippen LogP contribution is -2.37. The SMILES string of the molecule is CC(C)C(C)CNC(=O)C(N)c1ccccc1.Cl. The zero-order valence-electron chi connectivity index (χ0n) is 11.2. The van der Waals surface area contributed by atoms with Gasteiger partial charge in [-0.3, -0.25) is 4.79 Å². The molecule has 0 heterocycles. The fourth-order valence-corrected chi connectivity index (χ4v) is 1.42. The molecule has 0 radical (unpaired) electrons. The number of carbonyl (C=O) groups excluding carboxylic acids is 1. The van der Waals surface area contributed by atoms with Crippen LogP contribution in [0.15, 0.2) is 30.3 Å². The van der Waals surface area contributed by atoms with E-state index in [0.717, 1.165) is 5.56 Å². The molecular formula is C14H23ClN2O. The molecule has 2 atom stereocenters. The zero-order valence-corrected chi connectivity index (χ0v) is 12.0. The molecule has 0 spiro atoms. The van der Waals surface area contributed by atoms with Gasteiger partial charge in [0.1, 0.15) is 6.04 Å². The molecule has 4 heteroatoms. The van der Waals surface area contributed by atoms with Gasteiger partial charge in [-0.2, -0.15) is 0 Å². The van der Waals surface area contributed by atoms with Gasteiger partial charge >= 0.3 is 0 Å². The first-order valence-corrected chi connectivity index (χ1v) is 6.10. The Bertz CT molecular complexity index is 354. The molecule has 102 valence electrons. The maximum Gasteiger partial charge on any atom is 0.241 e. The highest BCUT2D eigenvalue weighted by molar-refractivity contribution is 5.85. The summed E-state index contributed by atoms with van der Waals surface area (Å²) in [5, 5.41) is 2.90. The van der Waals surface area contributed by atoms with Gasteiger partial charge in [-0.25, -0.2) is 0 Å². The number of hydrogen-bond donors (Lipinski definition) is 2. The molecule has 1 aromatic rings. The number of amides is 1. The predicted octanol–water partition coefficient (Wildman–Crippen LogP) is 2.52. The van der Waals surface area contributed by atoms with Crippen molar-refractivity contribution in [3.05, 3.63) is 35.9 Å². The van der Waals surface area contributed by atoms with Crippen LogP contribution in [0.4, 0.5) is 0 Å². The van der Waals surface area contributed by atoms with Gasteiger partial charge in [0.05, 0.1) is 0 Å². The minimum absolute atomic E-state index is 0. The van der Waals surface area contributed by atoms with Crippen LogP contribution in [0.25, 0.3) is 0 Å². The first-order valence-electron chi connectivity index (χ1n) is 6.10. The molecule has 2 unspecified atom stereocenters. The smallest absolute Gasteiger partial charge is 0.241 e. The average molecular weight is 271 g/mol. The van der Waals surface area contributed by atoms with Gasteiger partial charge in [0.2, 0.25) is 5.91 Å². The summed E-state index contributed by atoms with van der Waals surface area (Å²) in [5.74, 6) is 0.911. The van der Waals surface area contributed by atoms with Gasteiger partial charge in [-0.05, 0) is 17.4 Å². The third kappa shape index (κ3) is 5.07. The van der Waals surface area contributed by atoms with Crippen LogP contribution in [-0.2, 0) is 4.79 Å². The van der Waals surface area contributed by atoms with Crippen LogP contribution >= 0.6 is 12.4 Å². The Labute approximate surface area is 116 Å². The van der Waals surface area contributed by atoms with E-state index in [0.29, 0.717) is 18.4 Å². The van der Waals surface area contributed by atoms with Crippen molar-refractivity contribution in [2.75, 3.05) is 6.54 Å². The van der Waals surface area contributed by atoms with Crippen molar-refractivity contribution < 1.29 is 4.79 Å². The summed E-state index contributed by atoms with van der Waals surface area (Å²) >= 11 is 0. The molecule has 3 nitrogen and oxygen atoms in total. The normalized spacial score (nSPS) is 13.6. The van der Waals surface area contributed by atoms with E-state index >= 15 is 0 Å². The van der Waals surface area contributed by atoms with Gasteiger partial charge in [0.25, 0.3) is 0 Å². The van der Waals surface area contributed by atoms with Crippen molar-refractivity contribution in [1.29, 1.82) is 0 Å². The molecule has 1 rings (SSSR count). The number of nitrogens with two attached hydrogens (primary N) is 1. The Morgan fingerprint density at radius 1 is 1.22 bits per heavy atom. The topological polar surface area (TPSA) is 55.1 Å². The second-order valence-corrected chi connectivity index (χ2v) is 4.85. The van der Waals surface area contributed by atoms with E-state index in [1.807, 2.05) is 30.3 Å². The van der Waals surface area contributed by atoms with E-state index in [9.17, 15) is 4.79 Å². The van der Waals surface area contributed by atoms with Crippen molar-refractivity contribution in [3.8, 4) is 0 Å². The van der Waals surface area contributed by atoms with E-state index in [4.69, 9.17) is 5.73 Å². The Morgan fingerprint density at radius 3 is 2.28 bits per heavy atom. The maximum absolute atomic E-state index is 11.8. The first-order chi connectivity index (χ1) is 8.02. The van der Waals surface area contributed by atoms with Gasteiger partial charge in [-0.15, -0.1) is 12.4 Å². The van der Waals surface area contributed by atoms with E-state index in [-0.39, 0.29) is 18.3 Å². The number of rotatable bonds is 5. The molecular weight excluding hydrogens is 248 g/mol. The monoisotopic (exact) mass is 270 g/mol. The predicted molar refractivity (Wildman–Crippen MR) is 77.6 cm³/mol. The summed E-state index contributed by atoms with van der Waals surface area (Å²) < 4.78 is 0. The van der Waals surface area contributed by atoms with E-state index in [1.54, 1.807) is 0 Å². The summed E-state index contributed by atoms with van der Waals surface area (Å²) in [6.45, 7) is 7.10. The summed E-state index contributed by atoms with van der Waals surface area (Å²) in [6, 6.07) is 8.86. The lowest BCUT2D eigenvalue weighted by Gasteiger charge is -2.18. The lowest BCUT2D eigenvalue weighted by molar-refractivity contribution is -0.122. The Morgan fingerprint density at radius 2 is 1.78 bits per heavy atom. The summed E-state index contributed by atoms with van der Waals surface area (Å²) in [4.78, 5) is 11.8. The van der Waals surface area contributed by atoms with Gasteiger partial charge in [0, 0.05) is 6.54 Å². The minimum atomic E-state index is -0.574. The molecule has 0 aromatic heterocycles. The molecule has 0 bridgehead atoms. The van der Waals surface area contributed by atoms with Crippen molar-refractivity contribution >= 4 is 18.3 Å². The number of hydrogen-bond acceptors (Lipinski definition) is 2. The summed E-state index contributed by atoms with van der Waals surface area (Å²) in [6.07, 6.45) is 0. The van der Waals surface area contributed by atoms with Crippen molar-refractivity contribution in [2.24, 2.45) is 17.6 Å². The van der Waals surface area contributed by atoms with Gasteiger partial charge < -0.3 is 11.1 Å². The van der Waals surface area contributed by atoms with Crippen LogP contribution in [0.2, 0.25) is 0 Å². The third-order valence-electron chi connectivity index (χ3n) is 3.18. The fraction of sp³-hybridized carbons (Fsp3) is 0.500. The zero-order chi connectivity index (χ0) is 12.8. The van der Waals surface area contributed by atoms with Gasteiger partial charge in [-0.1, -0.05) is 51.1 Å². The first kappa shape index (κ1) is 16.9. The summed E-state index contributed by atoms with van der Waals surface area (Å²) in [7, 11) is 0. The molecule has 3 N–H and O–H groups in total. The van der Waals surface area contributed by atoms with Crippen LogP contribution in [0.3, 0.4) is 0 Å². The number of carbonyl (C=O) groups is 1. The standard InChI is InChI=1S/C14H22N2O.ClH/c1-10(2)11(3)9-16-14(17)13(15)12-7-5-4-6-8-12;/h4-8,10-11,13H,9,15H2,1-3H3,(H,16,17);1H. The Balaban J connectivity index is 0.00000289. The summed E-state index contributed by atoms with van der Waals surface area (Å²) in [5.41, 5.74) is 6.74. The van der Waals surface area contributed by atoms with Crippen LogP contribution in [0.5, 0.6) is 0 Å². The fourth-order valence-electron chi connectivity index (χ4n) is 1.42. The second kappa shape index (κ2) is 8.11. The van der Waals surface area contributed by atoms with Crippen LogP contribution in [-0.4, -0.2) is 12.5 Å². The molecule has 0 saturated heterocycles. The molecule has 1 aromatic carbocycles.